The molecular formula is C68H86Br2N2. The molecule has 0 unspecified atom stereocenters. The Kier molecular flexibility index (Phi) is 21.9. The summed E-state index contributed by atoms with van der Waals surface area (Å²) in [6.45, 7) is 4.61. The molecule has 0 amide bonds. The summed E-state index contributed by atoms with van der Waals surface area (Å²) >= 11 is 7.60. The number of rotatable bonds is 33. The first-order valence-electron chi connectivity index (χ1n) is 29.2. The summed E-state index contributed by atoms with van der Waals surface area (Å²) < 4.78 is 7.15. The quantitative estimate of drug-likeness (QED) is 0.0363. The summed E-state index contributed by atoms with van der Waals surface area (Å²) in [5, 5.41) is 5.29. The lowest BCUT2D eigenvalue weighted by molar-refractivity contribution is 0.535. The molecule has 72 heavy (non-hydrogen) atoms. The Labute approximate surface area is 452 Å². The Bertz CT molecular complexity index is 2660. The maximum absolute atomic E-state index is 3.80. The van der Waals surface area contributed by atoms with E-state index in [-0.39, 0.29) is 0 Å². The summed E-state index contributed by atoms with van der Waals surface area (Å²) in [6, 6.07) is 46.3. The second-order valence-corrected chi connectivity index (χ2v) is 23.3. The smallest absolute Gasteiger partial charge is 0.0541 e. The molecule has 8 rings (SSSR count). The fraction of sp³-hybridized carbons (Fsp3) is 0.471. The highest BCUT2D eigenvalue weighted by molar-refractivity contribution is 9.10. The number of benzene rings is 6. The second kappa shape index (κ2) is 29.1. The molecule has 382 valence electrons. The molecule has 0 N–H and O–H groups in total. The van der Waals surface area contributed by atoms with Crippen LogP contribution >= 0.6 is 31.9 Å². The Morgan fingerprint density at radius 1 is 0.278 bits per heavy atom. The lowest BCUT2D eigenvalue weighted by Gasteiger charge is -2.11. The standard InChI is InChI=1S/C68H86Br2N2/c1-3-5-7-9-11-13-15-17-19-21-23-25-27-29-31-53-33-45-65-61(49-53)63-51-57(69)39-47-67(63)71(65)59-41-35-55(36-42-59)56-37-43-60(44-38-56)72-66-46-34-54(50-62(66)64-52-58(70)40-48-68(64)72)32-30-28-26-24-22-20-18-16-14-12-10-8-6-4-2/h33-52H,3-32H2,1-2H3. The lowest BCUT2D eigenvalue weighted by atomic mass is 10.0. The summed E-state index contributed by atoms with van der Waals surface area (Å²) in [7, 11) is 0. The van der Waals surface area contributed by atoms with Gasteiger partial charge in [-0.05, 0) is 133 Å². The fourth-order valence-electron chi connectivity index (χ4n) is 11.6. The Balaban J connectivity index is 0.861. The third-order valence-electron chi connectivity index (χ3n) is 15.8. The highest BCUT2D eigenvalue weighted by Gasteiger charge is 2.16. The Morgan fingerprint density at radius 2 is 0.542 bits per heavy atom. The molecule has 2 heterocycles. The molecule has 0 aliphatic rings. The first-order chi connectivity index (χ1) is 35.5. The van der Waals surface area contributed by atoms with Gasteiger partial charge >= 0.3 is 0 Å². The minimum absolute atomic E-state index is 1.12. The molecule has 0 aliphatic heterocycles. The van der Waals surface area contributed by atoms with Crippen LogP contribution in [0.25, 0.3) is 66.1 Å². The van der Waals surface area contributed by atoms with Crippen molar-refractivity contribution in [3.05, 3.63) is 141 Å². The normalized spacial score (nSPS) is 11.9. The van der Waals surface area contributed by atoms with Crippen molar-refractivity contribution in [2.45, 2.75) is 206 Å². The topological polar surface area (TPSA) is 9.86 Å². The predicted molar refractivity (Wildman–Crippen MR) is 324 cm³/mol. The van der Waals surface area contributed by atoms with Gasteiger partial charge < -0.3 is 9.13 Å². The van der Waals surface area contributed by atoms with Gasteiger partial charge in [-0.15, -0.1) is 0 Å². The molecule has 0 bridgehead atoms. The van der Waals surface area contributed by atoms with E-state index in [2.05, 4.69) is 176 Å². The second-order valence-electron chi connectivity index (χ2n) is 21.5. The van der Waals surface area contributed by atoms with Crippen molar-refractivity contribution >= 4 is 75.5 Å². The first kappa shape index (κ1) is 54.2. The molecular weight excluding hydrogens is 1000 g/mol. The van der Waals surface area contributed by atoms with Gasteiger partial charge in [-0.1, -0.05) is 249 Å². The monoisotopic (exact) mass is 1090 g/mol. The average Bonchev–Trinajstić information content (AvgIpc) is 3.89. The van der Waals surface area contributed by atoms with Crippen molar-refractivity contribution in [3.8, 4) is 22.5 Å². The van der Waals surface area contributed by atoms with Crippen LogP contribution in [0.1, 0.15) is 205 Å². The van der Waals surface area contributed by atoms with E-state index in [9.17, 15) is 0 Å². The van der Waals surface area contributed by atoms with Gasteiger partial charge in [-0.2, -0.15) is 0 Å². The van der Waals surface area contributed by atoms with Gasteiger partial charge in [0.1, 0.15) is 0 Å². The van der Waals surface area contributed by atoms with E-state index in [4.69, 9.17) is 0 Å². The minimum Gasteiger partial charge on any atom is -0.309 e. The van der Waals surface area contributed by atoms with Crippen molar-refractivity contribution in [3.63, 3.8) is 0 Å². The first-order valence-corrected chi connectivity index (χ1v) is 30.8. The van der Waals surface area contributed by atoms with E-state index in [1.165, 1.54) is 257 Å². The fourth-order valence-corrected chi connectivity index (χ4v) is 12.3. The van der Waals surface area contributed by atoms with E-state index in [1.807, 2.05) is 0 Å². The molecule has 6 aromatic carbocycles. The van der Waals surface area contributed by atoms with Crippen molar-refractivity contribution in [1.29, 1.82) is 0 Å². The number of unbranched alkanes of at least 4 members (excludes halogenated alkanes) is 26. The van der Waals surface area contributed by atoms with Gasteiger partial charge in [0, 0.05) is 41.9 Å². The predicted octanol–water partition coefficient (Wildman–Crippen LogP) is 23.1. The van der Waals surface area contributed by atoms with Crippen molar-refractivity contribution in [1.82, 2.24) is 9.13 Å². The van der Waals surface area contributed by atoms with Crippen LogP contribution in [0.2, 0.25) is 0 Å². The summed E-state index contributed by atoms with van der Waals surface area (Å²) in [5.41, 5.74) is 12.8. The van der Waals surface area contributed by atoms with Gasteiger partial charge in [0.25, 0.3) is 0 Å². The molecule has 0 aliphatic carbocycles. The number of halogens is 2. The molecule has 0 radical (unpaired) electrons. The van der Waals surface area contributed by atoms with Gasteiger partial charge in [0.05, 0.1) is 22.1 Å². The number of hydrogen-bond acceptors (Lipinski definition) is 0. The van der Waals surface area contributed by atoms with Gasteiger partial charge in [0.15, 0.2) is 0 Å². The molecule has 0 saturated carbocycles. The van der Waals surface area contributed by atoms with Crippen LogP contribution in [0, 0.1) is 0 Å². The summed E-state index contributed by atoms with van der Waals surface area (Å²) in [6.07, 6.45) is 41.4. The molecule has 8 aromatic rings. The maximum atomic E-state index is 3.80. The molecule has 0 fully saturated rings. The Morgan fingerprint density at radius 3 is 0.847 bits per heavy atom. The van der Waals surface area contributed by atoms with Crippen molar-refractivity contribution in [2.24, 2.45) is 0 Å². The van der Waals surface area contributed by atoms with Gasteiger partial charge in [-0.3, -0.25) is 0 Å². The summed E-state index contributed by atoms with van der Waals surface area (Å²) in [5.74, 6) is 0. The Hall–Kier alpha value is -4.12. The molecule has 4 heteroatoms. The molecule has 0 atom stereocenters. The van der Waals surface area contributed by atoms with Crippen LogP contribution in [-0.2, 0) is 12.8 Å². The van der Waals surface area contributed by atoms with E-state index in [0.717, 1.165) is 21.8 Å². The molecule has 2 aromatic heterocycles. The van der Waals surface area contributed by atoms with E-state index >= 15 is 0 Å². The van der Waals surface area contributed by atoms with Gasteiger partial charge in [0.2, 0.25) is 0 Å². The molecule has 2 nitrogen and oxygen atoms in total. The van der Waals surface area contributed by atoms with E-state index < -0.39 is 0 Å². The third-order valence-corrected chi connectivity index (χ3v) is 16.8. The van der Waals surface area contributed by atoms with E-state index in [0.29, 0.717) is 0 Å². The number of hydrogen-bond donors (Lipinski definition) is 0. The van der Waals surface area contributed by atoms with Crippen molar-refractivity contribution < 1.29 is 0 Å². The largest absolute Gasteiger partial charge is 0.309 e. The highest BCUT2D eigenvalue weighted by atomic mass is 79.9. The van der Waals surface area contributed by atoms with E-state index in [1.54, 1.807) is 0 Å². The van der Waals surface area contributed by atoms with Crippen LogP contribution in [0.5, 0.6) is 0 Å². The SMILES string of the molecule is CCCCCCCCCCCCCCCCc1ccc2c(c1)c1cc(Br)ccc1n2-c1ccc(-c2ccc(-n3c4ccc(Br)cc4c4cc(CCCCCCCCCCCCCCCC)ccc43)cc2)cc1. The zero-order chi connectivity index (χ0) is 49.7. The number of nitrogens with zero attached hydrogens (tertiary/aromatic N) is 2. The van der Waals surface area contributed by atoms with Crippen LogP contribution < -0.4 is 0 Å². The zero-order valence-electron chi connectivity index (χ0n) is 44.4. The zero-order valence-corrected chi connectivity index (χ0v) is 47.6. The van der Waals surface area contributed by atoms with Crippen LogP contribution in [0.15, 0.2) is 130 Å². The lowest BCUT2D eigenvalue weighted by Crippen LogP contribution is -1.95. The summed E-state index contributed by atoms with van der Waals surface area (Å²) in [4.78, 5) is 0. The maximum Gasteiger partial charge on any atom is 0.0541 e. The minimum atomic E-state index is 1.12. The molecule has 0 saturated heterocycles. The third kappa shape index (κ3) is 15.0. The van der Waals surface area contributed by atoms with Crippen LogP contribution in [0.3, 0.4) is 0 Å². The van der Waals surface area contributed by atoms with Crippen molar-refractivity contribution in [2.75, 3.05) is 0 Å². The molecule has 0 spiro atoms. The number of fused-ring (bicyclic) bond motifs is 6. The highest BCUT2D eigenvalue weighted by Crippen LogP contribution is 2.38. The van der Waals surface area contributed by atoms with Gasteiger partial charge in [-0.25, -0.2) is 0 Å². The van der Waals surface area contributed by atoms with Crippen LogP contribution in [0.4, 0.5) is 0 Å². The number of aromatic nitrogens is 2. The number of aryl methyl sites for hydroxylation is 2. The van der Waals surface area contributed by atoms with Crippen LogP contribution in [-0.4, -0.2) is 9.13 Å². The average molecular weight is 1090 g/mol.